The molecule has 2 aliphatic rings. The first-order valence-electron chi connectivity index (χ1n) is 9.97. The molecule has 148 valence electrons. The summed E-state index contributed by atoms with van der Waals surface area (Å²) in [6.45, 7) is 6.50. The first kappa shape index (κ1) is 19.7. The third kappa shape index (κ3) is 4.13. The zero-order valence-electron chi connectivity index (χ0n) is 16.9. The lowest BCUT2D eigenvalue weighted by Gasteiger charge is -2.45. The summed E-state index contributed by atoms with van der Waals surface area (Å²) < 4.78 is 16.2. The number of fused-ring (bicyclic) bond motifs is 3. The fourth-order valence-electron chi connectivity index (χ4n) is 4.47. The van der Waals surface area contributed by atoms with E-state index >= 15 is 0 Å². The zero-order chi connectivity index (χ0) is 19.4. The van der Waals surface area contributed by atoms with E-state index in [9.17, 15) is 4.79 Å². The van der Waals surface area contributed by atoms with Crippen molar-refractivity contribution in [2.24, 2.45) is 5.92 Å². The smallest absolute Gasteiger partial charge is 0.330 e. The lowest BCUT2D eigenvalue weighted by molar-refractivity contribution is -0.137. The van der Waals surface area contributed by atoms with Crippen LogP contribution in [0.5, 0.6) is 11.5 Å². The third-order valence-corrected chi connectivity index (χ3v) is 5.75. The molecule has 0 N–H and O–H groups in total. The maximum atomic E-state index is 12.1. The largest absolute Gasteiger partial charge is 0.493 e. The topological polar surface area (TPSA) is 48.0 Å². The van der Waals surface area contributed by atoms with Gasteiger partial charge in [-0.3, -0.25) is 4.90 Å². The molecule has 5 heteroatoms. The van der Waals surface area contributed by atoms with Crippen molar-refractivity contribution >= 4 is 5.97 Å². The van der Waals surface area contributed by atoms with Crippen LogP contribution in [0.3, 0.4) is 0 Å². The van der Waals surface area contributed by atoms with Crippen LogP contribution < -0.4 is 9.47 Å². The second-order valence-electron chi connectivity index (χ2n) is 7.33. The molecule has 0 unspecified atom stereocenters. The number of ether oxygens (including phenoxy) is 3. The van der Waals surface area contributed by atoms with Gasteiger partial charge in [0.15, 0.2) is 11.5 Å². The molecule has 5 nitrogen and oxygen atoms in total. The monoisotopic (exact) mass is 373 g/mol. The van der Waals surface area contributed by atoms with Crippen molar-refractivity contribution in [1.29, 1.82) is 0 Å². The van der Waals surface area contributed by atoms with Crippen molar-refractivity contribution in [3.05, 3.63) is 34.9 Å². The molecule has 0 amide bonds. The number of hydrogen-bond acceptors (Lipinski definition) is 5. The van der Waals surface area contributed by atoms with Crippen molar-refractivity contribution in [2.75, 3.05) is 33.9 Å². The number of nitrogens with zero attached hydrogens (tertiary/aromatic N) is 1. The van der Waals surface area contributed by atoms with Gasteiger partial charge in [0, 0.05) is 25.2 Å². The van der Waals surface area contributed by atoms with Gasteiger partial charge in [-0.25, -0.2) is 4.79 Å². The molecule has 27 heavy (non-hydrogen) atoms. The molecule has 0 radical (unpaired) electrons. The number of piperidine rings is 1. The van der Waals surface area contributed by atoms with Crippen LogP contribution in [-0.2, 0) is 16.0 Å². The molecule has 2 heterocycles. The molecule has 2 aliphatic heterocycles. The molecule has 0 bridgehead atoms. The van der Waals surface area contributed by atoms with Gasteiger partial charge in [0.2, 0.25) is 0 Å². The number of rotatable bonds is 6. The van der Waals surface area contributed by atoms with Crippen molar-refractivity contribution < 1.29 is 19.0 Å². The van der Waals surface area contributed by atoms with Crippen LogP contribution in [0.15, 0.2) is 23.8 Å². The Labute approximate surface area is 162 Å². The highest BCUT2D eigenvalue weighted by Crippen LogP contribution is 2.45. The van der Waals surface area contributed by atoms with E-state index in [4.69, 9.17) is 14.2 Å². The lowest BCUT2D eigenvalue weighted by atomic mass is 9.78. The Bertz CT molecular complexity index is 713. The van der Waals surface area contributed by atoms with Crippen molar-refractivity contribution in [1.82, 2.24) is 4.90 Å². The first-order chi connectivity index (χ1) is 13.1. The van der Waals surface area contributed by atoms with Crippen LogP contribution in [-0.4, -0.2) is 44.8 Å². The Hall–Kier alpha value is -2.01. The predicted octanol–water partition coefficient (Wildman–Crippen LogP) is 3.91. The molecule has 0 saturated carbocycles. The van der Waals surface area contributed by atoms with Gasteiger partial charge in [-0.05, 0) is 55.4 Å². The average Bonchev–Trinajstić information content (AvgIpc) is 2.67. The molecule has 1 aromatic carbocycles. The number of carbonyl (C=O) groups excluding carboxylic acids is 1. The predicted molar refractivity (Wildman–Crippen MR) is 105 cm³/mol. The molecular weight excluding hydrogens is 342 g/mol. The van der Waals surface area contributed by atoms with Crippen molar-refractivity contribution in [2.45, 2.75) is 45.6 Å². The van der Waals surface area contributed by atoms with Crippen LogP contribution in [0.25, 0.3) is 0 Å². The molecule has 0 aliphatic carbocycles. The van der Waals surface area contributed by atoms with Gasteiger partial charge >= 0.3 is 5.97 Å². The van der Waals surface area contributed by atoms with Crippen LogP contribution >= 0.6 is 0 Å². The normalized spacial score (nSPS) is 23.5. The second kappa shape index (κ2) is 8.79. The van der Waals surface area contributed by atoms with E-state index in [1.165, 1.54) is 16.7 Å². The standard InChI is InChI=1S/C22H31NO4/c1-5-7-16-14-23-9-8-15-11-20(25-3)21(26-4)13-18(15)19(23)10-17(16)12-22(24)27-6-2/h11-13,16,19H,5-10,14H2,1-4H3/b17-12+/t16-,19-/m0/s1. The highest BCUT2D eigenvalue weighted by molar-refractivity contribution is 5.83. The zero-order valence-corrected chi connectivity index (χ0v) is 16.9. The SMILES string of the molecule is CCC[C@H]1CN2CCc3cc(OC)c(OC)cc3[C@@H]2C/C1=C\C(=O)OCC. The summed E-state index contributed by atoms with van der Waals surface area (Å²) in [5, 5.41) is 0. The van der Waals surface area contributed by atoms with Gasteiger partial charge in [0.1, 0.15) is 0 Å². The Kier molecular flexibility index (Phi) is 6.42. The number of esters is 1. The van der Waals surface area contributed by atoms with Crippen LogP contribution in [0.2, 0.25) is 0 Å². The number of carbonyl (C=O) groups is 1. The maximum absolute atomic E-state index is 12.1. The van der Waals surface area contributed by atoms with E-state index in [2.05, 4.69) is 24.0 Å². The van der Waals surface area contributed by atoms with Gasteiger partial charge in [-0.2, -0.15) is 0 Å². The molecule has 0 spiro atoms. The Morgan fingerprint density at radius 3 is 2.63 bits per heavy atom. The minimum Gasteiger partial charge on any atom is -0.493 e. The summed E-state index contributed by atoms with van der Waals surface area (Å²) in [6.07, 6.45) is 5.85. The average molecular weight is 373 g/mol. The van der Waals surface area contributed by atoms with Gasteiger partial charge in [-0.15, -0.1) is 0 Å². The van der Waals surface area contributed by atoms with Gasteiger partial charge in [0.25, 0.3) is 0 Å². The van der Waals surface area contributed by atoms with E-state index < -0.39 is 0 Å². The van der Waals surface area contributed by atoms with Crippen LogP contribution in [0, 0.1) is 5.92 Å². The fraction of sp³-hybridized carbons (Fsp3) is 0.591. The number of hydrogen-bond donors (Lipinski definition) is 0. The van der Waals surface area contributed by atoms with E-state index in [0.29, 0.717) is 12.5 Å². The quantitative estimate of drug-likeness (QED) is 0.559. The van der Waals surface area contributed by atoms with Crippen LogP contribution in [0.1, 0.15) is 50.3 Å². The maximum Gasteiger partial charge on any atom is 0.330 e. The minimum atomic E-state index is -0.217. The molecule has 1 aromatic rings. The summed E-state index contributed by atoms with van der Waals surface area (Å²) >= 11 is 0. The highest BCUT2D eigenvalue weighted by Gasteiger charge is 2.36. The molecule has 1 fully saturated rings. The molecule has 1 saturated heterocycles. The van der Waals surface area contributed by atoms with E-state index in [-0.39, 0.29) is 12.0 Å². The molecule has 3 rings (SSSR count). The molecule has 0 aromatic heterocycles. The lowest BCUT2D eigenvalue weighted by Crippen LogP contribution is -2.43. The Balaban J connectivity index is 1.94. The first-order valence-corrected chi connectivity index (χ1v) is 9.97. The summed E-state index contributed by atoms with van der Waals surface area (Å²) in [5.41, 5.74) is 3.83. The van der Waals surface area contributed by atoms with Crippen LogP contribution in [0.4, 0.5) is 0 Å². The Morgan fingerprint density at radius 1 is 1.22 bits per heavy atom. The fourth-order valence-corrected chi connectivity index (χ4v) is 4.47. The Morgan fingerprint density at radius 2 is 1.96 bits per heavy atom. The highest BCUT2D eigenvalue weighted by atomic mass is 16.5. The minimum absolute atomic E-state index is 0.217. The molecular formula is C22H31NO4. The number of methoxy groups -OCH3 is 2. The summed E-state index contributed by atoms with van der Waals surface area (Å²) in [5.74, 6) is 1.76. The molecule has 2 atom stereocenters. The summed E-state index contributed by atoms with van der Waals surface area (Å²) in [4.78, 5) is 14.7. The second-order valence-corrected chi connectivity index (χ2v) is 7.33. The van der Waals surface area contributed by atoms with Crippen molar-refractivity contribution in [3.63, 3.8) is 0 Å². The van der Waals surface area contributed by atoms with E-state index in [1.807, 2.05) is 6.92 Å². The summed E-state index contributed by atoms with van der Waals surface area (Å²) in [7, 11) is 3.35. The van der Waals surface area contributed by atoms with E-state index in [0.717, 1.165) is 50.3 Å². The third-order valence-electron chi connectivity index (χ3n) is 5.75. The van der Waals surface area contributed by atoms with Gasteiger partial charge < -0.3 is 14.2 Å². The number of benzene rings is 1. The summed E-state index contributed by atoms with van der Waals surface area (Å²) in [6, 6.07) is 4.51. The van der Waals surface area contributed by atoms with Gasteiger partial charge in [0.05, 0.1) is 20.8 Å². The van der Waals surface area contributed by atoms with Crippen molar-refractivity contribution in [3.8, 4) is 11.5 Å². The van der Waals surface area contributed by atoms with E-state index in [1.54, 1.807) is 20.3 Å². The van der Waals surface area contributed by atoms with Gasteiger partial charge in [-0.1, -0.05) is 18.9 Å².